The number of hydrogen-bond donors (Lipinski definition) is 1. The first-order valence-electron chi connectivity index (χ1n) is 6.87. The molecule has 1 fully saturated rings. The maximum absolute atomic E-state index is 6.09. The standard InChI is InChI=1S/C13H25N5O.ClH/c1-13(2,14)9-18-7-5-6-10(8-18)11-15-12(16-19-11)17(3)4;/h10H,5-9,14H2,1-4H3;1H. The maximum Gasteiger partial charge on any atom is 0.265 e. The van der Waals surface area contributed by atoms with Crippen LogP contribution in [0.1, 0.15) is 38.5 Å². The van der Waals surface area contributed by atoms with E-state index in [0.717, 1.165) is 38.4 Å². The maximum atomic E-state index is 6.09. The van der Waals surface area contributed by atoms with Crippen molar-refractivity contribution in [1.82, 2.24) is 15.0 Å². The zero-order valence-electron chi connectivity index (χ0n) is 12.8. The Labute approximate surface area is 127 Å². The molecule has 0 aliphatic carbocycles. The fraction of sp³-hybridized carbons (Fsp3) is 0.846. The van der Waals surface area contributed by atoms with E-state index in [0.29, 0.717) is 11.9 Å². The molecule has 1 unspecified atom stereocenters. The number of nitrogens with two attached hydrogens (primary N) is 1. The van der Waals surface area contributed by atoms with Gasteiger partial charge < -0.3 is 20.1 Å². The van der Waals surface area contributed by atoms with Crippen molar-refractivity contribution in [2.75, 3.05) is 38.6 Å². The predicted molar refractivity (Wildman–Crippen MR) is 82.6 cm³/mol. The van der Waals surface area contributed by atoms with Gasteiger partial charge in [-0.15, -0.1) is 12.4 Å². The Kier molecular flexibility index (Phi) is 5.79. The molecule has 2 rings (SSSR count). The molecule has 0 bridgehead atoms. The van der Waals surface area contributed by atoms with Gasteiger partial charge in [-0.25, -0.2) is 0 Å². The van der Waals surface area contributed by atoms with Crippen molar-refractivity contribution in [3.8, 4) is 0 Å². The van der Waals surface area contributed by atoms with Gasteiger partial charge >= 0.3 is 0 Å². The van der Waals surface area contributed by atoms with Gasteiger partial charge in [0.15, 0.2) is 0 Å². The van der Waals surface area contributed by atoms with Gasteiger partial charge in [0.05, 0.1) is 5.92 Å². The zero-order valence-corrected chi connectivity index (χ0v) is 13.6. The Morgan fingerprint density at radius 3 is 2.70 bits per heavy atom. The lowest BCUT2D eigenvalue weighted by Crippen LogP contribution is -2.48. The molecule has 1 atom stereocenters. The molecule has 0 aromatic carbocycles. The number of nitrogens with zero attached hydrogens (tertiary/aromatic N) is 4. The number of likely N-dealkylation sites (tertiary alicyclic amines) is 1. The minimum atomic E-state index is -0.161. The molecule has 1 aromatic heterocycles. The van der Waals surface area contributed by atoms with Gasteiger partial charge in [0.2, 0.25) is 5.89 Å². The highest BCUT2D eigenvalue weighted by molar-refractivity contribution is 5.85. The van der Waals surface area contributed by atoms with Gasteiger partial charge in [0, 0.05) is 32.7 Å². The molecule has 6 nitrogen and oxygen atoms in total. The highest BCUT2D eigenvalue weighted by atomic mass is 35.5. The smallest absolute Gasteiger partial charge is 0.265 e. The summed E-state index contributed by atoms with van der Waals surface area (Å²) in [7, 11) is 3.83. The summed E-state index contributed by atoms with van der Waals surface area (Å²) in [5, 5.41) is 3.99. The molecule has 0 spiro atoms. The van der Waals surface area contributed by atoms with E-state index in [9.17, 15) is 0 Å². The van der Waals surface area contributed by atoms with Gasteiger partial charge in [0.1, 0.15) is 0 Å². The first-order valence-corrected chi connectivity index (χ1v) is 6.87. The lowest BCUT2D eigenvalue weighted by atomic mass is 9.96. The van der Waals surface area contributed by atoms with Crippen molar-refractivity contribution in [3.63, 3.8) is 0 Å². The van der Waals surface area contributed by atoms with Crippen molar-refractivity contribution in [3.05, 3.63) is 5.89 Å². The van der Waals surface area contributed by atoms with Crippen molar-refractivity contribution < 1.29 is 4.52 Å². The van der Waals surface area contributed by atoms with Gasteiger partial charge in [0.25, 0.3) is 5.95 Å². The summed E-state index contributed by atoms with van der Waals surface area (Å²) in [6.07, 6.45) is 2.26. The normalized spacial score (nSPS) is 20.6. The fourth-order valence-electron chi connectivity index (χ4n) is 2.55. The topological polar surface area (TPSA) is 71.4 Å². The van der Waals surface area contributed by atoms with Crippen LogP contribution in [-0.2, 0) is 0 Å². The Balaban J connectivity index is 0.00000200. The predicted octanol–water partition coefficient (Wildman–Crippen LogP) is 1.47. The van der Waals surface area contributed by atoms with Crippen LogP contribution in [0.25, 0.3) is 0 Å². The highest BCUT2D eigenvalue weighted by Crippen LogP contribution is 2.27. The Hall–Kier alpha value is -0.850. The molecule has 1 aromatic rings. The quantitative estimate of drug-likeness (QED) is 0.908. The summed E-state index contributed by atoms with van der Waals surface area (Å²) in [6.45, 7) is 7.08. The Morgan fingerprint density at radius 1 is 1.45 bits per heavy atom. The van der Waals surface area contributed by atoms with Crippen molar-refractivity contribution in [2.24, 2.45) is 5.73 Å². The second kappa shape index (κ2) is 6.74. The minimum absolute atomic E-state index is 0. The van der Waals surface area contributed by atoms with Gasteiger partial charge in [-0.05, 0) is 38.4 Å². The van der Waals surface area contributed by atoms with E-state index in [1.165, 1.54) is 0 Å². The van der Waals surface area contributed by atoms with Crippen LogP contribution in [0, 0.1) is 0 Å². The number of rotatable bonds is 4. The lowest BCUT2D eigenvalue weighted by Gasteiger charge is -2.35. The van der Waals surface area contributed by atoms with E-state index in [2.05, 4.69) is 28.9 Å². The molecule has 20 heavy (non-hydrogen) atoms. The second-order valence-corrected chi connectivity index (χ2v) is 6.39. The van der Waals surface area contributed by atoms with Gasteiger partial charge in [-0.1, -0.05) is 0 Å². The number of anilines is 1. The van der Waals surface area contributed by atoms with E-state index in [1.54, 1.807) is 0 Å². The molecule has 116 valence electrons. The third-order valence-electron chi connectivity index (χ3n) is 3.32. The highest BCUT2D eigenvalue weighted by Gasteiger charge is 2.28. The summed E-state index contributed by atoms with van der Waals surface area (Å²) in [5.41, 5.74) is 5.93. The molecule has 1 aliphatic rings. The Morgan fingerprint density at radius 2 is 2.15 bits per heavy atom. The summed E-state index contributed by atoms with van der Waals surface area (Å²) < 4.78 is 5.38. The fourth-order valence-corrected chi connectivity index (χ4v) is 2.55. The third-order valence-corrected chi connectivity index (χ3v) is 3.32. The molecule has 1 saturated heterocycles. The number of aromatic nitrogens is 2. The molecule has 2 heterocycles. The SMILES string of the molecule is CN(C)c1noc(C2CCCN(CC(C)(C)N)C2)n1.Cl. The number of piperidine rings is 1. The monoisotopic (exact) mass is 303 g/mol. The average molecular weight is 304 g/mol. The van der Waals surface area contributed by atoms with E-state index in [1.807, 2.05) is 19.0 Å². The van der Waals surface area contributed by atoms with E-state index >= 15 is 0 Å². The number of halogens is 1. The van der Waals surface area contributed by atoms with Gasteiger partial charge in [-0.2, -0.15) is 4.98 Å². The molecule has 0 saturated carbocycles. The van der Waals surface area contributed by atoms with E-state index < -0.39 is 0 Å². The summed E-state index contributed by atoms with van der Waals surface area (Å²) in [6, 6.07) is 0. The van der Waals surface area contributed by atoms with Crippen LogP contribution >= 0.6 is 12.4 Å². The zero-order chi connectivity index (χ0) is 14.0. The van der Waals surface area contributed by atoms with E-state index in [4.69, 9.17) is 10.3 Å². The Bertz CT molecular complexity index is 415. The van der Waals surface area contributed by atoms with Gasteiger partial charge in [-0.3, -0.25) is 0 Å². The third kappa shape index (κ3) is 4.61. The average Bonchev–Trinajstić information content (AvgIpc) is 2.76. The van der Waals surface area contributed by atoms with E-state index in [-0.39, 0.29) is 17.9 Å². The summed E-state index contributed by atoms with van der Waals surface area (Å²) >= 11 is 0. The van der Waals surface area contributed by atoms with Crippen LogP contribution in [0.5, 0.6) is 0 Å². The first-order chi connectivity index (χ1) is 8.85. The van der Waals surface area contributed by atoms with Crippen LogP contribution in [0.15, 0.2) is 4.52 Å². The van der Waals surface area contributed by atoms with Crippen LogP contribution < -0.4 is 10.6 Å². The van der Waals surface area contributed by atoms with Crippen molar-refractivity contribution in [2.45, 2.75) is 38.1 Å². The first kappa shape index (κ1) is 17.2. The van der Waals surface area contributed by atoms with Crippen molar-refractivity contribution >= 4 is 18.4 Å². The minimum Gasteiger partial charge on any atom is -0.344 e. The second-order valence-electron chi connectivity index (χ2n) is 6.39. The molecular weight excluding hydrogens is 278 g/mol. The van der Waals surface area contributed by atoms with Crippen LogP contribution in [0.4, 0.5) is 5.95 Å². The summed E-state index contributed by atoms with van der Waals surface area (Å²) in [5.74, 6) is 1.73. The van der Waals surface area contributed by atoms with Crippen LogP contribution in [-0.4, -0.2) is 54.3 Å². The number of hydrogen-bond acceptors (Lipinski definition) is 6. The lowest BCUT2D eigenvalue weighted by molar-refractivity contribution is 0.161. The molecule has 0 amide bonds. The van der Waals surface area contributed by atoms with Crippen LogP contribution in [0.2, 0.25) is 0 Å². The summed E-state index contributed by atoms with van der Waals surface area (Å²) in [4.78, 5) is 8.71. The molecule has 0 radical (unpaired) electrons. The largest absolute Gasteiger partial charge is 0.344 e. The van der Waals surface area contributed by atoms with Crippen LogP contribution in [0.3, 0.4) is 0 Å². The molecular formula is C13H26ClN5O. The molecule has 7 heteroatoms. The van der Waals surface area contributed by atoms with Crippen molar-refractivity contribution in [1.29, 1.82) is 0 Å². The molecule has 2 N–H and O–H groups in total. The molecule has 1 aliphatic heterocycles.